The fourth-order valence-corrected chi connectivity index (χ4v) is 1.74. The Morgan fingerprint density at radius 3 is 2.94 bits per heavy atom. The van der Waals surface area contributed by atoms with Crippen LogP contribution in [-0.4, -0.2) is 44.7 Å². The van der Waals surface area contributed by atoms with Crippen LogP contribution in [0.1, 0.15) is 19.7 Å². The minimum Gasteiger partial charge on any atom is -0.332 e. The summed E-state index contributed by atoms with van der Waals surface area (Å²) in [5.74, 6) is 0.954. The molecule has 1 aliphatic heterocycles. The molecule has 0 bridgehead atoms. The van der Waals surface area contributed by atoms with E-state index in [0.29, 0.717) is 6.54 Å². The number of amides is 1. The van der Waals surface area contributed by atoms with Gasteiger partial charge in [-0.1, -0.05) is 0 Å². The van der Waals surface area contributed by atoms with E-state index in [0.717, 1.165) is 18.9 Å². The molecule has 1 amide bonds. The predicted molar refractivity (Wildman–Crippen MR) is 58.6 cm³/mol. The normalized spacial score (nSPS) is 16.1. The number of likely N-dealkylation sites (N-methyl/N-ethyl adjacent to an activating group) is 1. The van der Waals surface area contributed by atoms with Crippen molar-refractivity contribution in [1.29, 1.82) is 0 Å². The van der Waals surface area contributed by atoms with Gasteiger partial charge >= 0.3 is 0 Å². The van der Waals surface area contributed by atoms with E-state index in [1.807, 2.05) is 23.3 Å². The number of aromatic nitrogens is 3. The van der Waals surface area contributed by atoms with Crippen molar-refractivity contribution in [2.75, 3.05) is 13.6 Å². The Kier molecular flexibility index (Phi) is 2.67. The number of fused-ring (bicyclic) bond motifs is 1. The average molecular weight is 223 g/mol. The molecule has 0 aromatic carbocycles. The molecule has 1 aromatic rings. The van der Waals surface area contributed by atoms with Crippen molar-refractivity contribution in [1.82, 2.24) is 25.0 Å². The highest BCUT2D eigenvalue weighted by Gasteiger charge is 2.32. The van der Waals surface area contributed by atoms with Gasteiger partial charge in [0, 0.05) is 13.1 Å². The van der Waals surface area contributed by atoms with Crippen LogP contribution in [0.5, 0.6) is 0 Å². The number of nitrogens with zero attached hydrogens (tertiary/aromatic N) is 4. The lowest BCUT2D eigenvalue weighted by molar-refractivity contribution is -0.138. The summed E-state index contributed by atoms with van der Waals surface area (Å²) in [6, 6.07) is 0. The number of rotatable bonds is 2. The first kappa shape index (κ1) is 11.1. The molecular weight excluding hydrogens is 206 g/mol. The first-order chi connectivity index (χ1) is 7.54. The lowest BCUT2D eigenvalue weighted by Crippen LogP contribution is -2.54. The minimum absolute atomic E-state index is 0.101. The van der Waals surface area contributed by atoms with E-state index >= 15 is 0 Å². The van der Waals surface area contributed by atoms with Crippen LogP contribution in [-0.2, 0) is 17.9 Å². The topological polar surface area (TPSA) is 63.1 Å². The monoisotopic (exact) mass is 223 g/mol. The number of hydrogen-bond acceptors (Lipinski definition) is 4. The van der Waals surface area contributed by atoms with Crippen LogP contribution >= 0.6 is 0 Å². The molecule has 16 heavy (non-hydrogen) atoms. The van der Waals surface area contributed by atoms with E-state index < -0.39 is 5.54 Å². The Morgan fingerprint density at radius 2 is 2.25 bits per heavy atom. The molecule has 2 heterocycles. The smallest absolute Gasteiger partial charge is 0.242 e. The third kappa shape index (κ3) is 1.80. The molecule has 1 aromatic heterocycles. The fraction of sp³-hybridized carbons (Fsp3) is 0.700. The van der Waals surface area contributed by atoms with Crippen molar-refractivity contribution < 1.29 is 4.79 Å². The van der Waals surface area contributed by atoms with E-state index in [-0.39, 0.29) is 5.91 Å². The van der Waals surface area contributed by atoms with Crippen molar-refractivity contribution in [2.24, 2.45) is 0 Å². The van der Waals surface area contributed by atoms with Crippen LogP contribution in [0.15, 0.2) is 6.33 Å². The fourth-order valence-electron chi connectivity index (χ4n) is 1.74. The predicted octanol–water partition coefficient (Wildman–Crippen LogP) is -0.382. The summed E-state index contributed by atoms with van der Waals surface area (Å²) in [5, 5.41) is 10.9. The highest BCUT2D eigenvalue weighted by molar-refractivity contribution is 5.85. The summed E-state index contributed by atoms with van der Waals surface area (Å²) in [7, 11) is 1.80. The van der Waals surface area contributed by atoms with Gasteiger partial charge in [-0.15, -0.1) is 10.2 Å². The van der Waals surface area contributed by atoms with Crippen LogP contribution in [0.2, 0.25) is 0 Å². The molecule has 0 unspecified atom stereocenters. The molecule has 88 valence electrons. The molecular formula is C10H17N5O. The first-order valence-electron chi connectivity index (χ1n) is 5.39. The molecule has 6 nitrogen and oxygen atoms in total. The minimum atomic E-state index is -0.526. The molecule has 0 spiro atoms. The zero-order valence-corrected chi connectivity index (χ0v) is 9.90. The molecule has 6 heteroatoms. The maximum Gasteiger partial charge on any atom is 0.242 e. The van der Waals surface area contributed by atoms with Gasteiger partial charge in [0.1, 0.15) is 6.33 Å². The van der Waals surface area contributed by atoms with Gasteiger partial charge in [0.2, 0.25) is 5.91 Å². The number of hydrogen-bond donors (Lipinski definition) is 1. The highest BCUT2D eigenvalue weighted by atomic mass is 16.2. The van der Waals surface area contributed by atoms with Crippen LogP contribution < -0.4 is 5.32 Å². The molecule has 0 radical (unpaired) electrons. The number of nitrogens with one attached hydrogen (secondary N) is 1. The third-order valence-corrected chi connectivity index (χ3v) is 3.09. The van der Waals surface area contributed by atoms with Gasteiger partial charge in [-0.3, -0.25) is 4.79 Å². The van der Waals surface area contributed by atoms with Crippen LogP contribution in [0.3, 0.4) is 0 Å². The molecule has 0 aliphatic carbocycles. The summed E-state index contributed by atoms with van der Waals surface area (Å²) in [5.41, 5.74) is -0.526. The van der Waals surface area contributed by atoms with Crippen LogP contribution in [0.4, 0.5) is 0 Å². The Hall–Kier alpha value is -1.43. The highest BCUT2D eigenvalue weighted by Crippen LogP contribution is 2.14. The lowest BCUT2D eigenvalue weighted by atomic mass is 10.0. The van der Waals surface area contributed by atoms with E-state index in [4.69, 9.17) is 0 Å². The Balaban J connectivity index is 2.12. The van der Waals surface area contributed by atoms with Gasteiger partial charge in [0.25, 0.3) is 0 Å². The van der Waals surface area contributed by atoms with E-state index in [1.165, 1.54) is 0 Å². The van der Waals surface area contributed by atoms with Crippen LogP contribution in [0.25, 0.3) is 0 Å². The summed E-state index contributed by atoms with van der Waals surface area (Å²) >= 11 is 0. The molecule has 0 saturated heterocycles. The number of carbonyl (C=O) groups is 1. The Morgan fingerprint density at radius 1 is 1.50 bits per heavy atom. The van der Waals surface area contributed by atoms with Gasteiger partial charge in [-0.25, -0.2) is 0 Å². The quantitative estimate of drug-likeness (QED) is 0.742. The van der Waals surface area contributed by atoms with Gasteiger partial charge in [-0.2, -0.15) is 0 Å². The van der Waals surface area contributed by atoms with Gasteiger partial charge in [0.05, 0.1) is 12.1 Å². The zero-order valence-electron chi connectivity index (χ0n) is 9.90. The number of carbonyl (C=O) groups excluding carboxylic acids is 1. The van der Waals surface area contributed by atoms with E-state index in [1.54, 1.807) is 13.4 Å². The summed E-state index contributed by atoms with van der Waals surface area (Å²) in [6.07, 6.45) is 1.71. The standard InChI is InChI=1S/C10H17N5O/c1-10(2,11-3)9(16)14-4-5-15-7-12-13-8(15)6-14/h7,11H,4-6H2,1-3H3. The summed E-state index contributed by atoms with van der Waals surface area (Å²) < 4.78 is 1.98. The van der Waals surface area contributed by atoms with Crippen molar-refractivity contribution >= 4 is 5.91 Å². The summed E-state index contributed by atoms with van der Waals surface area (Å²) in [4.78, 5) is 14.0. The van der Waals surface area contributed by atoms with Crippen molar-refractivity contribution in [3.8, 4) is 0 Å². The van der Waals surface area contributed by atoms with Crippen molar-refractivity contribution in [3.63, 3.8) is 0 Å². The third-order valence-electron chi connectivity index (χ3n) is 3.09. The van der Waals surface area contributed by atoms with Gasteiger partial charge in [0.15, 0.2) is 5.82 Å². The Labute approximate surface area is 94.6 Å². The SMILES string of the molecule is CNC(C)(C)C(=O)N1CCn2cnnc2C1. The second-order valence-electron chi connectivity index (χ2n) is 4.54. The van der Waals surface area contributed by atoms with Gasteiger partial charge in [-0.05, 0) is 20.9 Å². The van der Waals surface area contributed by atoms with Gasteiger partial charge < -0.3 is 14.8 Å². The first-order valence-corrected chi connectivity index (χ1v) is 5.39. The second kappa shape index (κ2) is 3.86. The van der Waals surface area contributed by atoms with Crippen LogP contribution in [0, 0.1) is 0 Å². The van der Waals surface area contributed by atoms with Crippen molar-refractivity contribution in [2.45, 2.75) is 32.5 Å². The largest absolute Gasteiger partial charge is 0.332 e. The summed E-state index contributed by atoms with van der Waals surface area (Å²) in [6.45, 7) is 5.80. The lowest BCUT2D eigenvalue weighted by Gasteiger charge is -2.33. The Bertz CT molecular complexity index is 398. The zero-order chi connectivity index (χ0) is 11.8. The maximum absolute atomic E-state index is 12.2. The second-order valence-corrected chi connectivity index (χ2v) is 4.54. The van der Waals surface area contributed by atoms with Crippen molar-refractivity contribution in [3.05, 3.63) is 12.2 Å². The molecule has 2 rings (SSSR count). The van der Waals surface area contributed by atoms with E-state index in [9.17, 15) is 4.79 Å². The maximum atomic E-state index is 12.2. The molecule has 1 N–H and O–H groups in total. The molecule has 0 atom stereocenters. The average Bonchev–Trinajstić information content (AvgIpc) is 2.74. The molecule has 0 fully saturated rings. The molecule has 0 saturated carbocycles. The van der Waals surface area contributed by atoms with E-state index in [2.05, 4.69) is 15.5 Å². The molecule has 1 aliphatic rings.